The van der Waals surface area contributed by atoms with Crippen LogP contribution in [-0.4, -0.2) is 41.6 Å². The Morgan fingerprint density at radius 1 is 1.37 bits per heavy atom. The van der Waals surface area contributed by atoms with Crippen LogP contribution in [0.25, 0.3) is 0 Å². The zero-order valence-electron chi connectivity index (χ0n) is 11.6. The number of likely N-dealkylation sites (N-methyl/N-ethyl adjacent to an activating group) is 1. The van der Waals surface area contributed by atoms with Crippen molar-refractivity contribution in [2.75, 3.05) is 20.1 Å². The van der Waals surface area contributed by atoms with E-state index >= 15 is 0 Å². The fraction of sp³-hybridized carbons (Fsp3) is 0.615. The minimum atomic E-state index is -4.28. The molecule has 1 heterocycles. The molecular formula is C13H19F3N2O. The maximum atomic E-state index is 12.2. The molecule has 0 unspecified atom stereocenters. The predicted molar refractivity (Wildman–Crippen MR) is 67.5 cm³/mol. The molecule has 0 saturated heterocycles. The Hall–Kier alpha value is -1.30. The van der Waals surface area contributed by atoms with Gasteiger partial charge in [0.2, 0.25) is 0 Å². The smallest absolute Gasteiger partial charge is 0.349 e. The normalized spacial score (nSPS) is 12.2. The summed E-state index contributed by atoms with van der Waals surface area (Å²) in [6, 6.07) is 1.74. The highest BCUT2D eigenvalue weighted by Crippen LogP contribution is 2.18. The molecule has 3 nitrogen and oxygen atoms in total. The lowest BCUT2D eigenvalue weighted by molar-refractivity contribution is -0.141. The summed E-state index contributed by atoms with van der Waals surface area (Å²) in [7, 11) is 1.30. The van der Waals surface area contributed by atoms with Gasteiger partial charge in [0.05, 0.1) is 13.1 Å². The van der Waals surface area contributed by atoms with Gasteiger partial charge in [-0.3, -0.25) is 9.69 Å². The van der Waals surface area contributed by atoms with Gasteiger partial charge in [-0.15, -0.1) is 0 Å². The van der Waals surface area contributed by atoms with Crippen LogP contribution < -0.4 is 0 Å². The van der Waals surface area contributed by atoms with Gasteiger partial charge in [-0.1, -0.05) is 0 Å². The van der Waals surface area contributed by atoms with Crippen LogP contribution in [-0.2, 0) is 6.54 Å². The van der Waals surface area contributed by atoms with E-state index < -0.39 is 12.7 Å². The van der Waals surface area contributed by atoms with E-state index in [1.807, 2.05) is 25.3 Å². The number of nitrogens with zero attached hydrogens (tertiary/aromatic N) is 2. The van der Waals surface area contributed by atoms with Crippen molar-refractivity contribution in [1.82, 2.24) is 9.47 Å². The van der Waals surface area contributed by atoms with Crippen LogP contribution in [0.3, 0.4) is 0 Å². The summed E-state index contributed by atoms with van der Waals surface area (Å²) in [6.45, 7) is 5.09. The van der Waals surface area contributed by atoms with Crippen LogP contribution in [0.5, 0.6) is 0 Å². The highest BCUT2D eigenvalue weighted by molar-refractivity contribution is 5.99. The summed E-state index contributed by atoms with van der Waals surface area (Å²) >= 11 is 0. The SMILES string of the molecule is CCn1c(C)cc(C(=O)CN(C)CC(F)(F)F)c1C. The van der Waals surface area contributed by atoms with Gasteiger partial charge < -0.3 is 4.57 Å². The highest BCUT2D eigenvalue weighted by atomic mass is 19.4. The first-order chi connectivity index (χ1) is 8.65. The minimum Gasteiger partial charge on any atom is -0.349 e. The Morgan fingerprint density at radius 2 is 1.95 bits per heavy atom. The van der Waals surface area contributed by atoms with Gasteiger partial charge in [-0.05, 0) is 33.9 Å². The first-order valence-corrected chi connectivity index (χ1v) is 6.11. The summed E-state index contributed by atoms with van der Waals surface area (Å²) in [5.41, 5.74) is 2.26. The van der Waals surface area contributed by atoms with Crippen LogP contribution >= 0.6 is 0 Å². The van der Waals surface area contributed by atoms with Gasteiger partial charge in [0.15, 0.2) is 5.78 Å². The Kier molecular flexibility index (Phi) is 4.79. The van der Waals surface area contributed by atoms with Gasteiger partial charge in [-0.25, -0.2) is 0 Å². The second-order valence-electron chi connectivity index (χ2n) is 4.74. The van der Waals surface area contributed by atoms with Crippen LogP contribution in [0.1, 0.15) is 28.7 Å². The molecule has 0 saturated carbocycles. The van der Waals surface area contributed by atoms with E-state index in [0.717, 1.165) is 22.8 Å². The summed E-state index contributed by atoms with van der Waals surface area (Å²) < 4.78 is 38.6. The second-order valence-corrected chi connectivity index (χ2v) is 4.74. The zero-order valence-corrected chi connectivity index (χ0v) is 11.6. The molecule has 1 rings (SSSR count). The van der Waals surface area contributed by atoms with Crippen LogP contribution in [0, 0.1) is 13.8 Å². The number of carbonyl (C=O) groups is 1. The number of halogens is 3. The molecule has 0 spiro atoms. The van der Waals surface area contributed by atoms with E-state index in [1.54, 1.807) is 6.07 Å². The van der Waals surface area contributed by atoms with E-state index in [0.29, 0.717) is 5.56 Å². The molecular weight excluding hydrogens is 257 g/mol. The predicted octanol–water partition coefficient (Wildman–Crippen LogP) is 2.80. The molecule has 6 heteroatoms. The average Bonchev–Trinajstić information content (AvgIpc) is 2.50. The first kappa shape index (κ1) is 15.8. The Balaban J connectivity index is 2.79. The molecule has 0 aliphatic rings. The number of alkyl halides is 3. The molecule has 0 aromatic carbocycles. The van der Waals surface area contributed by atoms with Crippen molar-refractivity contribution in [1.29, 1.82) is 0 Å². The Bertz CT molecular complexity index is 463. The van der Waals surface area contributed by atoms with Crippen LogP contribution in [0.2, 0.25) is 0 Å². The van der Waals surface area contributed by atoms with Gasteiger partial charge in [0, 0.05) is 23.5 Å². The number of hydrogen-bond donors (Lipinski definition) is 0. The van der Waals surface area contributed by atoms with Gasteiger partial charge in [-0.2, -0.15) is 13.2 Å². The van der Waals surface area contributed by atoms with Crippen LogP contribution in [0.15, 0.2) is 6.07 Å². The molecule has 0 radical (unpaired) electrons. The lowest BCUT2D eigenvalue weighted by Gasteiger charge is -2.17. The number of Topliss-reactive ketones (excluding diaryl/α,β-unsaturated/α-hetero) is 1. The monoisotopic (exact) mass is 276 g/mol. The number of aromatic nitrogens is 1. The van der Waals surface area contributed by atoms with Crippen molar-refractivity contribution in [2.45, 2.75) is 33.5 Å². The molecule has 0 aliphatic carbocycles. The number of hydrogen-bond acceptors (Lipinski definition) is 2. The Morgan fingerprint density at radius 3 is 2.37 bits per heavy atom. The molecule has 19 heavy (non-hydrogen) atoms. The number of rotatable bonds is 5. The third-order valence-electron chi connectivity index (χ3n) is 3.05. The van der Waals surface area contributed by atoms with E-state index in [1.165, 1.54) is 7.05 Å². The summed E-state index contributed by atoms with van der Waals surface area (Å²) in [5.74, 6) is -0.278. The Labute approximate surface area is 111 Å². The summed E-state index contributed by atoms with van der Waals surface area (Å²) in [6.07, 6.45) is -4.28. The molecule has 0 N–H and O–H groups in total. The molecule has 0 atom stereocenters. The molecule has 1 aromatic heterocycles. The van der Waals surface area contributed by atoms with Crippen molar-refractivity contribution in [3.05, 3.63) is 23.0 Å². The standard InChI is InChI=1S/C13H19F3N2O/c1-5-18-9(2)6-11(10(18)3)12(19)7-17(4)8-13(14,15)16/h6H,5,7-8H2,1-4H3. The molecule has 0 amide bonds. The number of aryl methyl sites for hydroxylation is 1. The average molecular weight is 276 g/mol. The van der Waals surface area contributed by atoms with Gasteiger partial charge >= 0.3 is 6.18 Å². The maximum absolute atomic E-state index is 12.2. The molecule has 0 aliphatic heterocycles. The molecule has 0 fully saturated rings. The van der Waals surface area contributed by atoms with Crippen molar-refractivity contribution in [3.63, 3.8) is 0 Å². The number of ketones is 1. The van der Waals surface area contributed by atoms with E-state index in [9.17, 15) is 18.0 Å². The van der Waals surface area contributed by atoms with E-state index in [4.69, 9.17) is 0 Å². The second kappa shape index (κ2) is 5.77. The summed E-state index contributed by atoms with van der Waals surface area (Å²) in [4.78, 5) is 13.0. The van der Waals surface area contributed by atoms with Gasteiger partial charge in [0.25, 0.3) is 0 Å². The fourth-order valence-electron chi connectivity index (χ4n) is 2.26. The van der Waals surface area contributed by atoms with Crippen molar-refractivity contribution in [3.8, 4) is 0 Å². The van der Waals surface area contributed by atoms with Crippen LogP contribution in [0.4, 0.5) is 13.2 Å². The number of carbonyl (C=O) groups excluding carboxylic acids is 1. The highest BCUT2D eigenvalue weighted by Gasteiger charge is 2.30. The topological polar surface area (TPSA) is 25.2 Å². The zero-order chi connectivity index (χ0) is 14.8. The molecule has 108 valence electrons. The first-order valence-electron chi connectivity index (χ1n) is 6.11. The third-order valence-corrected chi connectivity index (χ3v) is 3.05. The summed E-state index contributed by atoms with van der Waals surface area (Å²) in [5, 5.41) is 0. The quantitative estimate of drug-likeness (QED) is 0.773. The maximum Gasteiger partial charge on any atom is 0.401 e. The lowest BCUT2D eigenvalue weighted by Crippen LogP contribution is -2.34. The molecule has 0 bridgehead atoms. The largest absolute Gasteiger partial charge is 0.401 e. The fourth-order valence-corrected chi connectivity index (χ4v) is 2.26. The lowest BCUT2D eigenvalue weighted by atomic mass is 10.1. The molecule has 1 aromatic rings. The van der Waals surface area contributed by atoms with E-state index in [-0.39, 0.29) is 12.3 Å². The minimum absolute atomic E-state index is 0.229. The van der Waals surface area contributed by atoms with E-state index in [2.05, 4.69) is 0 Å². The van der Waals surface area contributed by atoms with Crippen molar-refractivity contribution in [2.24, 2.45) is 0 Å². The van der Waals surface area contributed by atoms with Crippen molar-refractivity contribution < 1.29 is 18.0 Å². The van der Waals surface area contributed by atoms with Crippen molar-refractivity contribution >= 4 is 5.78 Å². The van der Waals surface area contributed by atoms with Gasteiger partial charge in [0.1, 0.15) is 0 Å². The third kappa shape index (κ3) is 4.09.